The zero-order chi connectivity index (χ0) is 20.5. The van der Waals surface area contributed by atoms with Gasteiger partial charge in [0.1, 0.15) is 6.04 Å². The van der Waals surface area contributed by atoms with Gasteiger partial charge in [0.25, 0.3) is 0 Å². The number of nitrogens with one attached hydrogen (secondary N) is 1. The van der Waals surface area contributed by atoms with Crippen LogP contribution in [0.3, 0.4) is 0 Å². The summed E-state index contributed by atoms with van der Waals surface area (Å²) in [6.45, 7) is 9.02. The number of aryl methyl sites for hydroxylation is 2. The van der Waals surface area contributed by atoms with E-state index in [1.807, 2.05) is 69.3 Å². The van der Waals surface area contributed by atoms with Gasteiger partial charge in [-0.1, -0.05) is 73.0 Å². The molecule has 1 atom stereocenters. The van der Waals surface area contributed by atoms with E-state index in [1.165, 1.54) is 5.56 Å². The molecule has 2 rings (SSSR count). The molecule has 0 aliphatic carbocycles. The molecule has 4 heteroatoms. The van der Waals surface area contributed by atoms with Crippen molar-refractivity contribution in [1.82, 2.24) is 10.2 Å². The van der Waals surface area contributed by atoms with Gasteiger partial charge in [-0.25, -0.2) is 0 Å². The molecule has 2 amide bonds. The lowest BCUT2D eigenvalue weighted by Crippen LogP contribution is -2.48. The van der Waals surface area contributed by atoms with E-state index < -0.39 is 6.04 Å². The highest BCUT2D eigenvalue weighted by Crippen LogP contribution is 2.14. The van der Waals surface area contributed by atoms with Crippen LogP contribution in [0.15, 0.2) is 48.5 Å². The van der Waals surface area contributed by atoms with Crippen molar-refractivity contribution in [2.24, 2.45) is 0 Å². The molecule has 0 heterocycles. The zero-order valence-corrected chi connectivity index (χ0v) is 17.5. The molecule has 0 aliphatic rings. The molecule has 0 aliphatic heterocycles. The number of carbonyl (C=O) groups is 2. The predicted octanol–water partition coefficient (Wildman–Crippen LogP) is 4.18. The lowest BCUT2D eigenvalue weighted by Gasteiger charge is -2.29. The standard InChI is InChI=1S/C24H32N2O2/c1-5-6-15-25-24(28)20(4)26(17-22-13-9-19(3)10-14-22)23(27)16-21-11-7-18(2)8-12-21/h7-14,20H,5-6,15-17H2,1-4H3,(H,25,28)/t20-/m1/s1. The topological polar surface area (TPSA) is 49.4 Å². The van der Waals surface area contributed by atoms with Crippen LogP contribution in [0.5, 0.6) is 0 Å². The van der Waals surface area contributed by atoms with Crippen LogP contribution in [0, 0.1) is 13.8 Å². The first-order valence-electron chi connectivity index (χ1n) is 10.1. The summed E-state index contributed by atoms with van der Waals surface area (Å²) < 4.78 is 0. The minimum atomic E-state index is -0.517. The second kappa shape index (κ2) is 10.6. The minimum Gasteiger partial charge on any atom is -0.354 e. The maximum Gasteiger partial charge on any atom is 0.242 e. The van der Waals surface area contributed by atoms with Crippen molar-refractivity contribution in [3.05, 3.63) is 70.8 Å². The van der Waals surface area contributed by atoms with Gasteiger partial charge < -0.3 is 10.2 Å². The molecule has 0 saturated carbocycles. The number of amides is 2. The molecule has 28 heavy (non-hydrogen) atoms. The molecular weight excluding hydrogens is 348 g/mol. The molecule has 0 unspecified atom stereocenters. The van der Waals surface area contributed by atoms with Gasteiger partial charge in [0.15, 0.2) is 0 Å². The quantitative estimate of drug-likeness (QED) is 0.664. The average Bonchev–Trinajstić information content (AvgIpc) is 2.68. The Labute approximate surface area is 169 Å². The van der Waals surface area contributed by atoms with Crippen LogP contribution in [0.1, 0.15) is 48.9 Å². The van der Waals surface area contributed by atoms with Crippen molar-refractivity contribution in [3.63, 3.8) is 0 Å². The second-order valence-corrected chi connectivity index (χ2v) is 7.49. The molecule has 150 valence electrons. The largest absolute Gasteiger partial charge is 0.354 e. The summed E-state index contributed by atoms with van der Waals surface area (Å²) in [4.78, 5) is 27.4. The van der Waals surface area contributed by atoms with E-state index in [9.17, 15) is 9.59 Å². The summed E-state index contributed by atoms with van der Waals surface area (Å²) in [5, 5.41) is 2.95. The first-order valence-corrected chi connectivity index (χ1v) is 10.1. The predicted molar refractivity (Wildman–Crippen MR) is 114 cm³/mol. The Kier molecular flexibility index (Phi) is 8.24. The number of rotatable bonds is 9. The zero-order valence-electron chi connectivity index (χ0n) is 17.5. The summed E-state index contributed by atoms with van der Waals surface area (Å²) in [5.74, 6) is -0.139. The number of unbranched alkanes of at least 4 members (excludes halogenated alkanes) is 1. The molecule has 2 aromatic rings. The van der Waals surface area contributed by atoms with Crippen LogP contribution in [-0.4, -0.2) is 29.3 Å². The van der Waals surface area contributed by atoms with E-state index in [-0.39, 0.29) is 11.8 Å². The Morgan fingerprint density at radius 3 is 2.00 bits per heavy atom. The van der Waals surface area contributed by atoms with Gasteiger partial charge in [-0.3, -0.25) is 9.59 Å². The summed E-state index contributed by atoms with van der Waals surface area (Å²) >= 11 is 0. The van der Waals surface area contributed by atoms with E-state index in [2.05, 4.69) is 12.2 Å². The summed E-state index contributed by atoms with van der Waals surface area (Å²) in [5.41, 5.74) is 4.32. The third kappa shape index (κ3) is 6.52. The highest BCUT2D eigenvalue weighted by molar-refractivity contribution is 5.88. The van der Waals surface area contributed by atoms with Gasteiger partial charge in [-0.05, 0) is 38.3 Å². The van der Waals surface area contributed by atoms with E-state index in [0.29, 0.717) is 19.5 Å². The van der Waals surface area contributed by atoms with E-state index >= 15 is 0 Å². The maximum atomic E-state index is 13.1. The van der Waals surface area contributed by atoms with Crippen molar-refractivity contribution < 1.29 is 9.59 Å². The summed E-state index contributed by atoms with van der Waals surface area (Å²) in [6, 6.07) is 15.5. The third-order valence-electron chi connectivity index (χ3n) is 4.95. The normalized spacial score (nSPS) is 11.7. The van der Waals surface area contributed by atoms with Crippen LogP contribution in [-0.2, 0) is 22.6 Å². The fourth-order valence-electron chi connectivity index (χ4n) is 2.99. The lowest BCUT2D eigenvalue weighted by molar-refractivity contribution is -0.140. The molecule has 0 fully saturated rings. The van der Waals surface area contributed by atoms with Crippen molar-refractivity contribution in [1.29, 1.82) is 0 Å². The van der Waals surface area contributed by atoms with Crippen molar-refractivity contribution in [2.75, 3.05) is 6.54 Å². The molecule has 4 nitrogen and oxygen atoms in total. The van der Waals surface area contributed by atoms with Gasteiger partial charge in [-0.15, -0.1) is 0 Å². The van der Waals surface area contributed by atoms with E-state index in [0.717, 1.165) is 29.5 Å². The fourth-order valence-corrected chi connectivity index (χ4v) is 2.99. The Hall–Kier alpha value is -2.62. The van der Waals surface area contributed by atoms with Crippen LogP contribution in [0.2, 0.25) is 0 Å². The van der Waals surface area contributed by atoms with Gasteiger partial charge in [0.05, 0.1) is 6.42 Å². The molecule has 1 N–H and O–H groups in total. The number of benzene rings is 2. The number of carbonyl (C=O) groups excluding carboxylic acids is 2. The van der Waals surface area contributed by atoms with Gasteiger partial charge in [0, 0.05) is 13.1 Å². The van der Waals surface area contributed by atoms with Crippen LogP contribution in [0.4, 0.5) is 0 Å². The Morgan fingerprint density at radius 1 is 0.929 bits per heavy atom. The van der Waals surface area contributed by atoms with Crippen molar-refractivity contribution in [3.8, 4) is 0 Å². The second-order valence-electron chi connectivity index (χ2n) is 7.49. The lowest BCUT2D eigenvalue weighted by atomic mass is 10.1. The number of hydrogen-bond acceptors (Lipinski definition) is 2. The maximum absolute atomic E-state index is 13.1. The molecule has 0 radical (unpaired) electrons. The van der Waals surface area contributed by atoms with Crippen LogP contribution in [0.25, 0.3) is 0 Å². The Morgan fingerprint density at radius 2 is 1.46 bits per heavy atom. The molecule has 0 aromatic heterocycles. The first-order chi connectivity index (χ1) is 13.4. The average molecular weight is 381 g/mol. The summed E-state index contributed by atoms with van der Waals surface area (Å²) in [6.07, 6.45) is 2.25. The fraction of sp³-hybridized carbons (Fsp3) is 0.417. The molecule has 0 spiro atoms. The highest BCUT2D eigenvalue weighted by atomic mass is 16.2. The van der Waals surface area contributed by atoms with Gasteiger partial charge in [-0.2, -0.15) is 0 Å². The monoisotopic (exact) mass is 380 g/mol. The van der Waals surface area contributed by atoms with Crippen molar-refractivity contribution in [2.45, 2.75) is 59.5 Å². The smallest absolute Gasteiger partial charge is 0.242 e. The van der Waals surface area contributed by atoms with Crippen LogP contribution >= 0.6 is 0 Å². The molecule has 2 aromatic carbocycles. The Balaban J connectivity index is 2.15. The third-order valence-corrected chi connectivity index (χ3v) is 4.95. The van der Waals surface area contributed by atoms with Crippen LogP contribution < -0.4 is 5.32 Å². The van der Waals surface area contributed by atoms with Gasteiger partial charge in [0.2, 0.25) is 11.8 Å². The SMILES string of the molecule is CCCCNC(=O)[C@@H](C)N(Cc1ccc(C)cc1)C(=O)Cc1ccc(C)cc1. The van der Waals surface area contributed by atoms with Crippen molar-refractivity contribution >= 4 is 11.8 Å². The number of hydrogen-bond donors (Lipinski definition) is 1. The Bertz CT molecular complexity index is 766. The van der Waals surface area contributed by atoms with E-state index in [4.69, 9.17) is 0 Å². The first kappa shape index (κ1) is 21.7. The van der Waals surface area contributed by atoms with Gasteiger partial charge >= 0.3 is 0 Å². The highest BCUT2D eigenvalue weighted by Gasteiger charge is 2.26. The molecular formula is C24H32N2O2. The molecule has 0 saturated heterocycles. The molecule has 0 bridgehead atoms. The number of nitrogens with zero attached hydrogens (tertiary/aromatic N) is 1. The van der Waals surface area contributed by atoms with E-state index in [1.54, 1.807) is 4.90 Å². The minimum absolute atomic E-state index is 0.0393. The summed E-state index contributed by atoms with van der Waals surface area (Å²) in [7, 11) is 0.